The van der Waals surface area contributed by atoms with E-state index in [4.69, 9.17) is 11.1 Å². The van der Waals surface area contributed by atoms with Crippen LogP contribution in [0.3, 0.4) is 0 Å². The van der Waals surface area contributed by atoms with Crippen molar-refractivity contribution in [3.8, 4) is 0 Å². The van der Waals surface area contributed by atoms with Crippen LogP contribution in [0.5, 0.6) is 0 Å². The molecule has 0 radical (unpaired) electrons. The number of nitrogens with two attached hydrogens (primary N) is 1. The van der Waals surface area contributed by atoms with Gasteiger partial charge in [0.2, 0.25) is 5.91 Å². The zero-order valence-corrected chi connectivity index (χ0v) is 10.8. The normalized spacial score (nSPS) is 13.2. The van der Waals surface area contributed by atoms with E-state index >= 15 is 0 Å². The van der Waals surface area contributed by atoms with Crippen LogP contribution < -0.4 is 11.1 Å². The minimum Gasteiger partial charge on any atom is -0.383 e. The molecule has 1 heterocycles. The molecule has 0 saturated carbocycles. The van der Waals surface area contributed by atoms with Crippen LogP contribution in [0.25, 0.3) is 0 Å². The first-order chi connectivity index (χ1) is 8.58. The van der Waals surface area contributed by atoms with E-state index in [1.165, 1.54) is 6.92 Å². The van der Waals surface area contributed by atoms with Crippen LogP contribution >= 0.6 is 11.8 Å². The third-order valence-electron chi connectivity index (χ3n) is 2.50. The van der Waals surface area contributed by atoms with Crippen LogP contribution in [0.4, 0.5) is 0 Å². The molecular formula is C12H14N4OS. The monoisotopic (exact) mass is 262 g/mol. The number of fused-ring (bicyclic) bond motifs is 1. The highest BCUT2D eigenvalue weighted by Gasteiger charge is 2.18. The van der Waals surface area contributed by atoms with Gasteiger partial charge in [-0.05, 0) is 18.2 Å². The molecular weight excluding hydrogens is 248 g/mol. The first-order valence-corrected chi connectivity index (χ1v) is 6.51. The van der Waals surface area contributed by atoms with Gasteiger partial charge in [0, 0.05) is 35.2 Å². The smallest absolute Gasteiger partial charge is 0.216 e. The Morgan fingerprint density at radius 2 is 2.28 bits per heavy atom. The van der Waals surface area contributed by atoms with Gasteiger partial charge in [0.1, 0.15) is 5.84 Å². The largest absolute Gasteiger partial charge is 0.383 e. The number of carbonyl (C=O) groups is 1. The molecule has 1 aliphatic rings. The van der Waals surface area contributed by atoms with E-state index in [0.29, 0.717) is 12.4 Å². The Hall–Kier alpha value is -1.82. The molecule has 0 fully saturated rings. The summed E-state index contributed by atoms with van der Waals surface area (Å²) in [6, 6.07) is 5.76. The summed E-state index contributed by atoms with van der Waals surface area (Å²) in [5.41, 5.74) is 7.30. The van der Waals surface area contributed by atoms with Crippen molar-refractivity contribution in [2.75, 3.05) is 12.3 Å². The fourth-order valence-corrected chi connectivity index (χ4v) is 2.47. The van der Waals surface area contributed by atoms with Crippen molar-refractivity contribution >= 4 is 29.3 Å². The summed E-state index contributed by atoms with van der Waals surface area (Å²) >= 11 is 1.63. The third-order valence-corrected chi connectivity index (χ3v) is 3.49. The molecule has 0 aliphatic carbocycles. The van der Waals surface area contributed by atoms with E-state index in [0.717, 1.165) is 21.8 Å². The molecule has 1 aromatic rings. The predicted molar refractivity (Wildman–Crippen MR) is 73.4 cm³/mol. The van der Waals surface area contributed by atoms with Crippen LogP contribution in [-0.4, -0.2) is 29.9 Å². The van der Waals surface area contributed by atoms with E-state index in [1.54, 1.807) is 11.8 Å². The molecule has 1 amide bonds. The van der Waals surface area contributed by atoms with E-state index in [1.807, 2.05) is 18.2 Å². The van der Waals surface area contributed by atoms with Crippen LogP contribution in [0.2, 0.25) is 0 Å². The predicted octanol–water partition coefficient (Wildman–Crippen LogP) is 0.959. The number of aliphatic imine (C=N–C) groups is 1. The summed E-state index contributed by atoms with van der Waals surface area (Å²) in [4.78, 5) is 15.7. The van der Waals surface area contributed by atoms with E-state index in [2.05, 4.69) is 10.3 Å². The Bertz CT molecular complexity index is 539. The summed E-state index contributed by atoms with van der Waals surface area (Å²) in [6.07, 6.45) is 0. The average Bonchev–Trinajstić information content (AvgIpc) is 2.60. The molecule has 2 rings (SSSR count). The van der Waals surface area contributed by atoms with Crippen molar-refractivity contribution in [1.29, 1.82) is 5.41 Å². The molecule has 4 N–H and O–H groups in total. The van der Waals surface area contributed by atoms with Crippen molar-refractivity contribution < 1.29 is 4.79 Å². The summed E-state index contributed by atoms with van der Waals surface area (Å²) in [6.45, 7) is 2.13. The van der Waals surface area contributed by atoms with Crippen LogP contribution in [0.15, 0.2) is 28.1 Å². The van der Waals surface area contributed by atoms with Gasteiger partial charge in [0.25, 0.3) is 0 Å². The standard InChI is InChI=1S/C12H14N4OS/c1-7(17)15-4-5-18-8-2-3-9-10(6-8)12(14)16-11(9)13/h2-3,6H,4-5H2,1H3,(H,15,17)(H3,13,14,16). The van der Waals surface area contributed by atoms with Gasteiger partial charge in [-0.25, -0.2) is 4.99 Å². The summed E-state index contributed by atoms with van der Waals surface area (Å²) in [5.74, 6) is 1.39. The number of hydrogen-bond acceptors (Lipinski definition) is 4. The van der Waals surface area contributed by atoms with Gasteiger partial charge < -0.3 is 11.1 Å². The lowest BCUT2D eigenvalue weighted by molar-refractivity contribution is -0.118. The van der Waals surface area contributed by atoms with Crippen LogP contribution in [0.1, 0.15) is 18.1 Å². The number of rotatable bonds is 4. The second-order valence-electron chi connectivity index (χ2n) is 3.88. The van der Waals surface area contributed by atoms with Crippen molar-refractivity contribution in [3.63, 3.8) is 0 Å². The fraction of sp³-hybridized carbons (Fsp3) is 0.250. The minimum atomic E-state index is -0.0208. The molecule has 6 heteroatoms. The lowest BCUT2D eigenvalue weighted by Crippen LogP contribution is -2.22. The van der Waals surface area contributed by atoms with E-state index in [9.17, 15) is 4.79 Å². The maximum atomic E-state index is 10.7. The van der Waals surface area contributed by atoms with Crippen molar-refractivity contribution in [3.05, 3.63) is 29.3 Å². The van der Waals surface area contributed by atoms with Gasteiger partial charge in [-0.2, -0.15) is 0 Å². The van der Waals surface area contributed by atoms with Crippen LogP contribution in [-0.2, 0) is 4.79 Å². The quantitative estimate of drug-likeness (QED) is 0.557. The fourth-order valence-electron chi connectivity index (χ4n) is 1.67. The van der Waals surface area contributed by atoms with Gasteiger partial charge in [0.05, 0.1) is 0 Å². The molecule has 0 aromatic heterocycles. The number of carbonyl (C=O) groups excluding carboxylic acids is 1. The zero-order chi connectivity index (χ0) is 13.1. The highest BCUT2D eigenvalue weighted by Crippen LogP contribution is 2.24. The summed E-state index contributed by atoms with van der Waals surface area (Å²) in [5, 5.41) is 10.4. The zero-order valence-electron chi connectivity index (χ0n) is 9.99. The molecule has 0 saturated heterocycles. The lowest BCUT2D eigenvalue weighted by Gasteiger charge is -2.05. The second-order valence-corrected chi connectivity index (χ2v) is 5.05. The van der Waals surface area contributed by atoms with E-state index in [-0.39, 0.29) is 11.7 Å². The number of amidine groups is 2. The number of thioether (sulfide) groups is 1. The minimum absolute atomic E-state index is 0.0208. The molecule has 18 heavy (non-hydrogen) atoms. The molecule has 1 aliphatic heterocycles. The number of hydrogen-bond donors (Lipinski definition) is 3. The van der Waals surface area contributed by atoms with Gasteiger partial charge >= 0.3 is 0 Å². The Kier molecular flexibility index (Phi) is 3.66. The molecule has 1 aromatic carbocycles. The third kappa shape index (κ3) is 2.70. The van der Waals surface area contributed by atoms with Crippen molar-refractivity contribution in [2.45, 2.75) is 11.8 Å². The molecule has 94 valence electrons. The van der Waals surface area contributed by atoms with Gasteiger partial charge in [-0.3, -0.25) is 10.2 Å². The molecule has 0 bridgehead atoms. The first-order valence-electron chi connectivity index (χ1n) is 5.52. The number of nitrogens with one attached hydrogen (secondary N) is 2. The highest BCUT2D eigenvalue weighted by molar-refractivity contribution is 7.99. The Morgan fingerprint density at radius 3 is 3.00 bits per heavy atom. The topological polar surface area (TPSA) is 91.3 Å². The Balaban J connectivity index is 1.99. The second kappa shape index (κ2) is 5.22. The lowest BCUT2D eigenvalue weighted by atomic mass is 10.1. The summed E-state index contributed by atoms with van der Waals surface area (Å²) in [7, 11) is 0. The maximum absolute atomic E-state index is 10.7. The highest BCUT2D eigenvalue weighted by atomic mass is 32.2. The van der Waals surface area contributed by atoms with E-state index < -0.39 is 0 Å². The van der Waals surface area contributed by atoms with Gasteiger partial charge in [-0.15, -0.1) is 11.8 Å². The van der Waals surface area contributed by atoms with Gasteiger partial charge in [0.15, 0.2) is 5.84 Å². The maximum Gasteiger partial charge on any atom is 0.216 e. The SMILES string of the molecule is CC(=O)NCCSc1ccc2c(c1)C(=N)N=C2N. The molecule has 0 unspecified atom stereocenters. The van der Waals surface area contributed by atoms with Gasteiger partial charge in [-0.1, -0.05) is 0 Å². The molecule has 0 spiro atoms. The summed E-state index contributed by atoms with van der Waals surface area (Å²) < 4.78 is 0. The molecule has 5 nitrogen and oxygen atoms in total. The Morgan fingerprint density at radius 1 is 1.50 bits per heavy atom. The first kappa shape index (κ1) is 12.6. The number of nitrogens with zero attached hydrogens (tertiary/aromatic N) is 1. The average molecular weight is 262 g/mol. The van der Waals surface area contributed by atoms with Crippen molar-refractivity contribution in [2.24, 2.45) is 10.7 Å². The molecule has 0 atom stereocenters. The van der Waals surface area contributed by atoms with Crippen molar-refractivity contribution in [1.82, 2.24) is 5.32 Å². The number of amides is 1. The van der Waals surface area contributed by atoms with Crippen LogP contribution in [0, 0.1) is 5.41 Å². The Labute approximate surface area is 109 Å². The number of benzene rings is 1.